The van der Waals surface area contributed by atoms with Gasteiger partial charge in [-0.15, -0.1) is 0 Å². The van der Waals surface area contributed by atoms with Crippen molar-refractivity contribution in [2.45, 2.75) is 12.3 Å². The molecule has 1 aromatic carbocycles. The molecule has 106 valence electrons. The highest BCUT2D eigenvalue weighted by molar-refractivity contribution is 9.08. The Bertz CT molecular complexity index is 558. The van der Waals surface area contributed by atoms with E-state index in [0.717, 1.165) is 0 Å². The van der Waals surface area contributed by atoms with Gasteiger partial charge in [-0.25, -0.2) is 8.42 Å². The Morgan fingerprint density at radius 2 is 2.11 bits per heavy atom. The lowest BCUT2D eigenvalue weighted by Gasteiger charge is -2.09. The first-order valence-electron chi connectivity index (χ1n) is 5.56. The van der Waals surface area contributed by atoms with Crippen LogP contribution in [-0.4, -0.2) is 31.5 Å². The smallest absolute Gasteiger partial charge is 0.270 e. The maximum Gasteiger partial charge on any atom is 0.270 e. The zero-order valence-electron chi connectivity index (χ0n) is 10.3. The lowest BCUT2D eigenvalue weighted by Crippen LogP contribution is -2.16. The molecule has 8 heteroatoms. The summed E-state index contributed by atoms with van der Waals surface area (Å²) in [5, 5.41) is 11.0. The van der Waals surface area contributed by atoms with Gasteiger partial charge in [0.25, 0.3) is 5.69 Å². The van der Waals surface area contributed by atoms with Gasteiger partial charge in [0.2, 0.25) is 0 Å². The van der Waals surface area contributed by atoms with Crippen molar-refractivity contribution >= 4 is 31.5 Å². The molecule has 0 aliphatic rings. The van der Waals surface area contributed by atoms with Crippen LogP contribution in [0.25, 0.3) is 0 Å². The van der Waals surface area contributed by atoms with Crippen LogP contribution in [0.5, 0.6) is 5.75 Å². The van der Waals surface area contributed by atoms with Crippen LogP contribution in [0.2, 0.25) is 0 Å². The molecule has 1 rings (SSSR count). The molecule has 0 aliphatic heterocycles. The summed E-state index contributed by atoms with van der Waals surface area (Å²) in [6.07, 6.45) is 0. The average molecular weight is 352 g/mol. The maximum atomic E-state index is 11.3. The van der Waals surface area contributed by atoms with Gasteiger partial charge in [-0.05, 0) is 6.07 Å². The zero-order valence-corrected chi connectivity index (χ0v) is 12.7. The van der Waals surface area contributed by atoms with Gasteiger partial charge in [-0.1, -0.05) is 22.9 Å². The van der Waals surface area contributed by atoms with Crippen LogP contribution in [-0.2, 0) is 15.2 Å². The van der Waals surface area contributed by atoms with Crippen molar-refractivity contribution in [1.82, 2.24) is 0 Å². The maximum absolute atomic E-state index is 11.3. The first-order chi connectivity index (χ1) is 8.89. The normalized spacial score (nSPS) is 11.3. The Balaban J connectivity index is 2.76. The van der Waals surface area contributed by atoms with Crippen LogP contribution in [0.4, 0.5) is 5.69 Å². The monoisotopic (exact) mass is 351 g/mol. The number of rotatable bonds is 7. The topological polar surface area (TPSA) is 86.5 Å². The predicted octanol–water partition coefficient (Wildman–Crippen LogP) is 2.30. The third kappa shape index (κ3) is 4.79. The standard InChI is InChI=1S/C11H14BrNO5S/c1-2-19(16,17)6-5-18-11-4-3-10(13(14)15)7-9(11)8-12/h3-4,7H,2,5-6,8H2,1H3. The first kappa shape index (κ1) is 15.9. The third-order valence-electron chi connectivity index (χ3n) is 2.49. The van der Waals surface area contributed by atoms with Crippen molar-refractivity contribution < 1.29 is 18.1 Å². The van der Waals surface area contributed by atoms with Crippen molar-refractivity contribution in [2.75, 3.05) is 18.1 Å². The summed E-state index contributed by atoms with van der Waals surface area (Å²) in [4.78, 5) is 10.1. The summed E-state index contributed by atoms with van der Waals surface area (Å²) in [7, 11) is -3.08. The van der Waals surface area contributed by atoms with Gasteiger partial charge in [0.15, 0.2) is 9.84 Å². The van der Waals surface area contributed by atoms with Crippen LogP contribution in [0, 0.1) is 10.1 Å². The Kier molecular flexibility index (Phi) is 5.74. The van der Waals surface area contributed by atoms with Crippen LogP contribution >= 0.6 is 15.9 Å². The lowest BCUT2D eigenvalue weighted by molar-refractivity contribution is -0.384. The first-order valence-corrected chi connectivity index (χ1v) is 8.50. The number of non-ortho nitro benzene ring substituents is 1. The molecule has 19 heavy (non-hydrogen) atoms. The van der Waals surface area contributed by atoms with Gasteiger partial charge >= 0.3 is 0 Å². The highest BCUT2D eigenvalue weighted by atomic mass is 79.9. The number of ether oxygens (including phenoxy) is 1. The fourth-order valence-electron chi connectivity index (χ4n) is 1.35. The lowest BCUT2D eigenvalue weighted by atomic mass is 10.2. The predicted molar refractivity (Wildman–Crippen MR) is 75.6 cm³/mol. The Hall–Kier alpha value is -1.15. The molecule has 0 N–H and O–H groups in total. The van der Waals surface area contributed by atoms with Crippen molar-refractivity contribution in [3.05, 3.63) is 33.9 Å². The van der Waals surface area contributed by atoms with Crippen molar-refractivity contribution in [2.24, 2.45) is 0 Å². The molecule has 0 spiro atoms. The SMILES string of the molecule is CCS(=O)(=O)CCOc1ccc([N+](=O)[O-])cc1CBr. The summed E-state index contributed by atoms with van der Waals surface area (Å²) in [5.74, 6) is 0.457. The molecule has 0 aliphatic carbocycles. The molecular weight excluding hydrogens is 338 g/mol. The van der Waals surface area contributed by atoms with Gasteiger partial charge in [0, 0.05) is 28.8 Å². The van der Waals surface area contributed by atoms with E-state index in [1.54, 1.807) is 6.92 Å². The molecule has 6 nitrogen and oxygen atoms in total. The molecule has 0 unspecified atom stereocenters. The van der Waals surface area contributed by atoms with Crippen LogP contribution in [0.15, 0.2) is 18.2 Å². The number of halogens is 1. The molecule has 0 fully saturated rings. The van der Waals surface area contributed by atoms with Crippen LogP contribution < -0.4 is 4.74 Å². The van der Waals surface area contributed by atoms with E-state index in [1.807, 2.05) is 0 Å². The van der Waals surface area contributed by atoms with Gasteiger partial charge in [-0.3, -0.25) is 10.1 Å². The highest BCUT2D eigenvalue weighted by Crippen LogP contribution is 2.26. The number of alkyl halides is 1. The Morgan fingerprint density at radius 1 is 1.42 bits per heavy atom. The highest BCUT2D eigenvalue weighted by Gasteiger charge is 2.12. The molecule has 0 bridgehead atoms. The second-order valence-electron chi connectivity index (χ2n) is 3.77. The number of nitrogens with zero attached hydrogens (tertiary/aromatic N) is 1. The van der Waals surface area contributed by atoms with E-state index in [0.29, 0.717) is 16.6 Å². The average Bonchev–Trinajstić information content (AvgIpc) is 2.38. The molecule has 0 saturated carbocycles. The van der Waals surface area contributed by atoms with Crippen molar-refractivity contribution in [3.63, 3.8) is 0 Å². The minimum absolute atomic E-state index is 0.0250. The summed E-state index contributed by atoms with van der Waals surface area (Å²) in [6, 6.07) is 4.21. The molecular formula is C11H14BrNO5S. The Morgan fingerprint density at radius 3 is 2.63 bits per heavy atom. The van der Waals surface area contributed by atoms with Gasteiger partial charge in [0.1, 0.15) is 12.4 Å². The zero-order chi connectivity index (χ0) is 14.5. The van der Waals surface area contributed by atoms with E-state index in [1.165, 1.54) is 18.2 Å². The van der Waals surface area contributed by atoms with Gasteiger partial charge in [0.05, 0.1) is 10.7 Å². The fourth-order valence-corrected chi connectivity index (χ4v) is 2.41. The van der Waals surface area contributed by atoms with E-state index < -0.39 is 14.8 Å². The molecule has 0 saturated heterocycles. The number of hydrogen-bond donors (Lipinski definition) is 0. The van der Waals surface area contributed by atoms with E-state index in [2.05, 4.69) is 15.9 Å². The number of sulfone groups is 1. The van der Waals surface area contributed by atoms with E-state index in [4.69, 9.17) is 4.74 Å². The molecule has 0 atom stereocenters. The second kappa shape index (κ2) is 6.85. The summed E-state index contributed by atoms with van der Waals surface area (Å²) in [6.45, 7) is 1.61. The second-order valence-corrected chi connectivity index (χ2v) is 6.80. The van der Waals surface area contributed by atoms with E-state index >= 15 is 0 Å². The minimum Gasteiger partial charge on any atom is -0.492 e. The molecule has 1 aromatic rings. The van der Waals surface area contributed by atoms with Gasteiger partial charge in [-0.2, -0.15) is 0 Å². The van der Waals surface area contributed by atoms with Crippen LogP contribution in [0.3, 0.4) is 0 Å². The molecule has 0 amide bonds. The fraction of sp³-hybridized carbons (Fsp3) is 0.455. The molecule has 0 radical (unpaired) electrons. The number of nitro groups is 1. The van der Waals surface area contributed by atoms with Crippen molar-refractivity contribution in [3.8, 4) is 5.75 Å². The quantitative estimate of drug-likeness (QED) is 0.427. The number of hydrogen-bond acceptors (Lipinski definition) is 5. The largest absolute Gasteiger partial charge is 0.492 e. The van der Waals surface area contributed by atoms with E-state index in [9.17, 15) is 18.5 Å². The number of benzene rings is 1. The number of nitro benzene ring substituents is 1. The molecule has 0 heterocycles. The van der Waals surface area contributed by atoms with Crippen molar-refractivity contribution in [1.29, 1.82) is 0 Å². The minimum atomic E-state index is -3.08. The summed E-state index contributed by atoms with van der Waals surface area (Å²) in [5.41, 5.74) is 0.589. The summed E-state index contributed by atoms with van der Waals surface area (Å²) < 4.78 is 28.0. The van der Waals surface area contributed by atoms with Gasteiger partial charge < -0.3 is 4.74 Å². The third-order valence-corrected chi connectivity index (χ3v) is 4.76. The molecule has 0 aromatic heterocycles. The van der Waals surface area contributed by atoms with E-state index in [-0.39, 0.29) is 23.8 Å². The summed E-state index contributed by atoms with van der Waals surface area (Å²) >= 11 is 3.22. The Labute approximate surface area is 120 Å². The van der Waals surface area contributed by atoms with Crippen LogP contribution in [0.1, 0.15) is 12.5 Å².